The van der Waals surface area contributed by atoms with Crippen LogP contribution in [-0.4, -0.2) is 31.2 Å². The maximum Gasteiger partial charge on any atom is 0.257 e. The maximum atomic E-state index is 12.0. The summed E-state index contributed by atoms with van der Waals surface area (Å²) in [5.41, 5.74) is -0.0145. The van der Waals surface area contributed by atoms with Gasteiger partial charge < -0.3 is 15.2 Å². The lowest BCUT2D eigenvalue weighted by Crippen LogP contribution is -2.36. The summed E-state index contributed by atoms with van der Waals surface area (Å²) in [5, 5.41) is 5.22. The molecule has 3 rings (SSSR count). The Balaban J connectivity index is 1.89. The Labute approximate surface area is 112 Å². The molecular weight excluding hydrogens is 238 g/mol. The van der Waals surface area contributed by atoms with Crippen molar-refractivity contribution < 1.29 is 0 Å². The lowest BCUT2D eigenvalue weighted by molar-refractivity contribution is 0.597. The summed E-state index contributed by atoms with van der Waals surface area (Å²) in [5.74, 6) is 0.886. The molecule has 1 atom stereocenters. The summed E-state index contributed by atoms with van der Waals surface area (Å²) in [6.45, 7) is 2.03. The van der Waals surface area contributed by atoms with Crippen molar-refractivity contribution in [2.75, 3.05) is 25.0 Å². The van der Waals surface area contributed by atoms with E-state index in [0.717, 1.165) is 29.7 Å². The van der Waals surface area contributed by atoms with Crippen LogP contribution in [0.5, 0.6) is 0 Å². The van der Waals surface area contributed by atoms with E-state index in [9.17, 15) is 4.79 Å². The number of benzene rings is 1. The lowest BCUT2D eigenvalue weighted by Gasteiger charge is -2.23. The zero-order chi connectivity index (χ0) is 13.2. The quantitative estimate of drug-likeness (QED) is 0.880. The molecule has 1 aliphatic rings. The number of nitrogens with one attached hydrogen (secondary N) is 2. The third kappa shape index (κ3) is 2.49. The fourth-order valence-corrected chi connectivity index (χ4v) is 2.74. The predicted octanol–water partition coefficient (Wildman–Crippen LogP) is 1.72. The van der Waals surface area contributed by atoms with Gasteiger partial charge in [0.25, 0.3) is 5.56 Å². The first-order chi connectivity index (χ1) is 9.24. The Bertz CT molecular complexity index is 629. The van der Waals surface area contributed by atoms with Crippen LogP contribution in [0.25, 0.3) is 10.8 Å². The highest BCUT2D eigenvalue weighted by Gasteiger charge is 2.16. The van der Waals surface area contributed by atoms with Gasteiger partial charge in [-0.05, 0) is 36.9 Å². The minimum absolute atomic E-state index is 0.0145. The van der Waals surface area contributed by atoms with Gasteiger partial charge in [-0.1, -0.05) is 18.2 Å². The molecule has 4 heteroatoms. The van der Waals surface area contributed by atoms with E-state index in [2.05, 4.69) is 15.2 Å². The Morgan fingerprint density at radius 3 is 3.00 bits per heavy atom. The number of hydrogen-bond donors (Lipinski definition) is 2. The van der Waals surface area contributed by atoms with Crippen LogP contribution in [0.1, 0.15) is 12.8 Å². The molecule has 2 N–H and O–H groups in total. The lowest BCUT2D eigenvalue weighted by atomic mass is 10.1. The number of H-pyrrole nitrogens is 1. The fraction of sp³-hybridized carbons (Fsp3) is 0.400. The Kier molecular flexibility index (Phi) is 3.25. The second kappa shape index (κ2) is 5.05. The van der Waals surface area contributed by atoms with Gasteiger partial charge in [-0.15, -0.1) is 0 Å². The van der Waals surface area contributed by atoms with Gasteiger partial charge >= 0.3 is 0 Å². The van der Waals surface area contributed by atoms with Gasteiger partial charge in [0.15, 0.2) is 0 Å². The molecule has 0 spiro atoms. The standard InChI is InChI=1S/C15H19N3O/c1-18(10-12-6-4-8-16-12)14-9-11-5-2-3-7-13(11)15(19)17-14/h2-3,5,7,9,12,16H,4,6,8,10H2,1H3,(H,17,19). The highest BCUT2D eigenvalue weighted by molar-refractivity contribution is 5.83. The van der Waals surface area contributed by atoms with Crippen molar-refractivity contribution in [1.29, 1.82) is 0 Å². The first-order valence-corrected chi connectivity index (χ1v) is 6.80. The average Bonchev–Trinajstić information content (AvgIpc) is 2.91. The van der Waals surface area contributed by atoms with Gasteiger partial charge in [-0.3, -0.25) is 4.79 Å². The van der Waals surface area contributed by atoms with E-state index >= 15 is 0 Å². The van der Waals surface area contributed by atoms with E-state index in [1.165, 1.54) is 12.8 Å². The second-order valence-corrected chi connectivity index (χ2v) is 5.24. The zero-order valence-corrected chi connectivity index (χ0v) is 11.1. The maximum absolute atomic E-state index is 12.0. The third-order valence-corrected chi connectivity index (χ3v) is 3.81. The van der Waals surface area contributed by atoms with Crippen LogP contribution >= 0.6 is 0 Å². The molecule has 0 bridgehead atoms. The normalized spacial score (nSPS) is 18.9. The molecule has 1 saturated heterocycles. The molecular formula is C15H19N3O. The summed E-state index contributed by atoms with van der Waals surface area (Å²) >= 11 is 0. The summed E-state index contributed by atoms with van der Waals surface area (Å²) in [7, 11) is 2.03. The molecule has 1 aromatic heterocycles. The summed E-state index contributed by atoms with van der Waals surface area (Å²) in [4.78, 5) is 17.1. The van der Waals surface area contributed by atoms with Crippen molar-refractivity contribution in [2.24, 2.45) is 0 Å². The van der Waals surface area contributed by atoms with Crippen LogP contribution < -0.4 is 15.8 Å². The number of hydrogen-bond acceptors (Lipinski definition) is 3. The number of pyridine rings is 1. The minimum atomic E-state index is -0.0145. The molecule has 1 aliphatic heterocycles. The molecule has 2 heterocycles. The van der Waals surface area contributed by atoms with E-state index < -0.39 is 0 Å². The number of aromatic nitrogens is 1. The average molecular weight is 257 g/mol. The van der Waals surface area contributed by atoms with Gasteiger partial charge in [0.05, 0.1) is 0 Å². The Morgan fingerprint density at radius 2 is 2.21 bits per heavy atom. The highest BCUT2D eigenvalue weighted by Crippen LogP contribution is 2.16. The van der Waals surface area contributed by atoms with Gasteiger partial charge in [0.1, 0.15) is 5.82 Å². The number of anilines is 1. The molecule has 0 saturated carbocycles. The van der Waals surface area contributed by atoms with E-state index in [0.29, 0.717) is 6.04 Å². The number of aromatic amines is 1. The largest absolute Gasteiger partial charge is 0.360 e. The fourth-order valence-electron chi connectivity index (χ4n) is 2.74. The number of rotatable bonds is 3. The summed E-state index contributed by atoms with van der Waals surface area (Å²) < 4.78 is 0. The van der Waals surface area contributed by atoms with Crippen LogP contribution in [0.2, 0.25) is 0 Å². The van der Waals surface area contributed by atoms with Gasteiger partial charge in [0.2, 0.25) is 0 Å². The van der Waals surface area contributed by atoms with Crippen LogP contribution in [0.4, 0.5) is 5.82 Å². The minimum Gasteiger partial charge on any atom is -0.360 e. The van der Waals surface area contributed by atoms with Crippen molar-refractivity contribution in [2.45, 2.75) is 18.9 Å². The van der Waals surface area contributed by atoms with Crippen molar-refractivity contribution in [3.8, 4) is 0 Å². The van der Waals surface area contributed by atoms with Crippen molar-refractivity contribution in [3.63, 3.8) is 0 Å². The highest BCUT2D eigenvalue weighted by atomic mass is 16.1. The second-order valence-electron chi connectivity index (χ2n) is 5.24. The predicted molar refractivity (Wildman–Crippen MR) is 78.9 cm³/mol. The number of fused-ring (bicyclic) bond motifs is 1. The van der Waals surface area contributed by atoms with E-state index in [4.69, 9.17) is 0 Å². The molecule has 0 aliphatic carbocycles. The van der Waals surface area contributed by atoms with Crippen molar-refractivity contribution in [3.05, 3.63) is 40.7 Å². The molecule has 2 aromatic rings. The van der Waals surface area contributed by atoms with Gasteiger partial charge in [-0.2, -0.15) is 0 Å². The van der Waals surface area contributed by atoms with Crippen LogP contribution in [-0.2, 0) is 0 Å². The SMILES string of the molecule is CN(CC1CCCN1)c1cc2ccccc2c(=O)[nH]1. The number of nitrogens with zero attached hydrogens (tertiary/aromatic N) is 1. The molecule has 100 valence electrons. The topological polar surface area (TPSA) is 48.1 Å². The van der Waals surface area contributed by atoms with E-state index in [1.807, 2.05) is 37.4 Å². The monoisotopic (exact) mass is 257 g/mol. The van der Waals surface area contributed by atoms with E-state index in [1.54, 1.807) is 0 Å². The van der Waals surface area contributed by atoms with E-state index in [-0.39, 0.29) is 5.56 Å². The zero-order valence-electron chi connectivity index (χ0n) is 11.1. The Hall–Kier alpha value is -1.81. The molecule has 1 fully saturated rings. The van der Waals surface area contributed by atoms with Crippen molar-refractivity contribution in [1.82, 2.24) is 10.3 Å². The first kappa shape index (κ1) is 12.2. The molecule has 1 unspecified atom stereocenters. The van der Waals surface area contributed by atoms with Crippen molar-refractivity contribution >= 4 is 16.6 Å². The molecule has 19 heavy (non-hydrogen) atoms. The summed E-state index contributed by atoms with van der Waals surface area (Å²) in [6, 6.07) is 10.3. The first-order valence-electron chi connectivity index (χ1n) is 6.80. The Morgan fingerprint density at radius 1 is 1.37 bits per heavy atom. The van der Waals surface area contributed by atoms with Crippen LogP contribution in [0, 0.1) is 0 Å². The third-order valence-electron chi connectivity index (χ3n) is 3.81. The smallest absolute Gasteiger partial charge is 0.257 e. The number of likely N-dealkylation sites (N-methyl/N-ethyl adjacent to an activating group) is 1. The van der Waals surface area contributed by atoms with Gasteiger partial charge in [-0.25, -0.2) is 0 Å². The molecule has 0 amide bonds. The molecule has 4 nitrogen and oxygen atoms in total. The summed E-state index contributed by atoms with van der Waals surface area (Å²) in [6.07, 6.45) is 2.45. The molecule has 0 radical (unpaired) electrons. The van der Waals surface area contributed by atoms with Crippen LogP contribution in [0.15, 0.2) is 35.1 Å². The molecule has 1 aromatic carbocycles. The van der Waals surface area contributed by atoms with Gasteiger partial charge in [0, 0.05) is 25.0 Å². The van der Waals surface area contributed by atoms with Crippen LogP contribution in [0.3, 0.4) is 0 Å².